The van der Waals surface area contributed by atoms with Crippen molar-refractivity contribution in [2.75, 3.05) is 12.3 Å². The SMILES string of the molecule is CCNC(CS(=O)(=O)Cc1ccccc1Cl)C1CCCC1. The highest BCUT2D eigenvalue weighted by atomic mass is 35.5. The molecule has 1 aromatic rings. The van der Waals surface area contributed by atoms with Gasteiger partial charge in [-0.3, -0.25) is 0 Å². The molecule has 1 aromatic carbocycles. The van der Waals surface area contributed by atoms with Crippen molar-refractivity contribution >= 4 is 21.4 Å². The van der Waals surface area contributed by atoms with Gasteiger partial charge in [-0.15, -0.1) is 0 Å². The summed E-state index contributed by atoms with van der Waals surface area (Å²) in [6.07, 6.45) is 4.72. The number of sulfone groups is 1. The Balaban J connectivity index is 2.05. The van der Waals surface area contributed by atoms with Gasteiger partial charge in [0.25, 0.3) is 0 Å². The van der Waals surface area contributed by atoms with Crippen LogP contribution in [0.4, 0.5) is 0 Å². The van der Waals surface area contributed by atoms with Gasteiger partial charge in [0.1, 0.15) is 0 Å². The zero-order chi connectivity index (χ0) is 15.3. The number of hydrogen-bond acceptors (Lipinski definition) is 3. The van der Waals surface area contributed by atoms with Crippen molar-refractivity contribution in [3.05, 3.63) is 34.9 Å². The molecule has 0 aliphatic heterocycles. The number of nitrogens with one attached hydrogen (secondary N) is 1. The van der Waals surface area contributed by atoms with Crippen molar-refractivity contribution in [2.45, 2.75) is 44.4 Å². The fourth-order valence-electron chi connectivity index (χ4n) is 3.17. The molecule has 0 spiro atoms. The van der Waals surface area contributed by atoms with E-state index in [1.165, 1.54) is 12.8 Å². The van der Waals surface area contributed by atoms with Crippen molar-refractivity contribution in [2.24, 2.45) is 5.92 Å². The van der Waals surface area contributed by atoms with E-state index in [4.69, 9.17) is 11.6 Å². The zero-order valence-corrected chi connectivity index (χ0v) is 14.1. The molecule has 21 heavy (non-hydrogen) atoms. The minimum Gasteiger partial charge on any atom is -0.313 e. The van der Waals surface area contributed by atoms with Gasteiger partial charge in [0.05, 0.1) is 11.5 Å². The molecule has 1 atom stereocenters. The highest BCUT2D eigenvalue weighted by molar-refractivity contribution is 7.90. The summed E-state index contributed by atoms with van der Waals surface area (Å²) in [4.78, 5) is 0. The first-order valence-corrected chi connectivity index (χ1v) is 9.89. The summed E-state index contributed by atoms with van der Waals surface area (Å²) in [6, 6.07) is 7.25. The molecule has 0 amide bonds. The van der Waals surface area contributed by atoms with Gasteiger partial charge >= 0.3 is 0 Å². The van der Waals surface area contributed by atoms with Gasteiger partial charge in [0.2, 0.25) is 0 Å². The maximum Gasteiger partial charge on any atom is 0.156 e. The molecule has 1 unspecified atom stereocenters. The zero-order valence-electron chi connectivity index (χ0n) is 12.5. The van der Waals surface area contributed by atoms with Crippen molar-refractivity contribution in [1.82, 2.24) is 5.32 Å². The Morgan fingerprint density at radius 1 is 1.29 bits per heavy atom. The van der Waals surface area contributed by atoms with E-state index < -0.39 is 9.84 Å². The molecule has 1 aliphatic carbocycles. The Morgan fingerprint density at radius 3 is 2.57 bits per heavy atom. The summed E-state index contributed by atoms with van der Waals surface area (Å²) < 4.78 is 25.0. The van der Waals surface area contributed by atoms with Crippen LogP contribution in [0.25, 0.3) is 0 Å². The van der Waals surface area contributed by atoms with E-state index in [1.54, 1.807) is 12.1 Å². The van der Waals surface area contributed by atoms with Crippen LogP contribution in [0.1, 0.15) is 38.2 Å². The van der Waals surface area contributed by atoms with Crippen LogP contribution in [0.5, 0.6) is 0 Å². The predicted molar refractivity (Wildman–Crippen MR) is 88.4 cm³/mol. The fourth-order valence-corrected chi connectivity index (χ4v) is 5.23. The molecule has 0 radical (unpaired) electrons. The number of halogens is 1. The van der Waals surface area contributed by atoms with Crippen molar-refractivity contribution in [3.8, 4) is 0 Å². The lowest BCUT2D eigenvalue weighted by molar-refractivity contribution is 0.388. The summed E-state index contributed by atoms with van der Waals surface area (Å²) >= 11 is 6.08. The monoisotopic (exact) mass is 329 g/mol. The van der Waals surface area contributed by atoms with E-state index in [-0.39, 0.29) is 17.5 Å². The van der Waals surface area contributed by atoms with Crippen molar-refractivity contribution < 1.29 is 8.42 Å². The van der Waals surface area contributed by atoms with Crippen LogP contribution in [0.3, 0.4) is 0 Å². The van der Waals surface area contributed by atoms with Gasteiger partial charge in [-0.2, -0.15) is 0 Å². The molecular weight excluding hydrogens is 306 g/mol. The molecule has 2 rings (SSSR count). The third kappa shape index (κ3) is 4.97. The normalized spacial score (nSPS) is 18.0. The fraction of sp³-hybridized carbons (Fsp3) is 0.625. The van der Waals surface area contributed by atoms with Crippen molar-refractivity contribution in [3.63, 3.8) is 0 Å². The van der Waals surface area contributed by atoms with E-state index in [1.807, 2.05) is 19.1 Å². The molecule has 0 bridgehead atoms. The van der Waals surface area contributed by atoms with Gasteiger partial charge in [0, 0.05) is 11.1 Å². The third-order valence-electron chi connectivity index (χ3n) is 4.20. The highest BCUT2D eigenvalue weighted by Crippen LogP contribution is 2.29. The molecular formula is C16H24ClNO2S. The Morgan fingerprint density at radius 2 is 1.95 bits per heavy atom. The summed E-state index contributed by atoms with van der Waals surface area (Å²) in [6.45, 7) is 2.84. The quantitative estimate of drug-likeness (QED) is 0.833. The van der Waals surface area contributed by atoms with Crippen LogP contribution in [0, 0.1) is 5.92 Å². The van der Waals surface area contributed by atoms with Crippen LogP contribution in [-0.4, -0.2) is 26.8 Å². The molecule has 1 N–H and O–H groups in total. The first kappa shape index (κ1) is 16.8. The number of hydrogen-bond donors (Lipinski definition) is 1. The van der Waals surface area contributed by atoms with Crippen LogP contribution >= 0.6 is 11.6 Å². The lowest BCUT2D eigenvalue weighted by Crippen LogP contribution is -2.41. The summed E-state index contributed by atoms with van der Waals surface area (Å²) in [7, 11) is -3.16. The Hall–Kier alpha value is -0.580. The van der Waals surface area contributed by atoms with Gasteiger partial charge in [-0.25, -0.2) is 8.42 Å². The Kier molecular flexibility index (Phi) is 6.08. The number of rotatable bonds is 7. The maximum atomic E-state index is 12.5. The standard InChI is InChI=1S/C16H24ClNO2S/c1-2-18-16(13-7-3-4-8-13)12-21(19,20)11-14-9-5-6-10-15(14)17/h5-6,9-10,13,16,18H,2-4,7-8,11-12H2,1H3. The molecule has 0 aromatic heterocycles. The Bertz CT molecular complexity index is 553. The Labute approximate surface area is 133 Å². The molecule has 3 nitrogen and oxygen atoms in total. The average molecular weight is 330 g/mol. The second-order valence-electron chi connectivity index (χ2n) is 5.85. The van der Waals surface area contributed by atoms with Crippen LogP contribution in [0.15, 0.2) is 24.3 Å². The topological polar surface area (TPSA) is 46.2 Å². The van der Waals surface area contributed by atoms with Crippen LogP contribution in [-0.2, 0) is 15.6 Å². The van der Waals surface area contributed by atoms with E-state index in [0.717, 1.165) is 19.4 Å². The second kappa shape index (κ2) is 7.61. The molecule has 1 saturated carbocycles. The van der Waals surface area contributed by atoms with E-state index in [0.29, 0.717) is 16.5 Å². The summed E-state index contributed by atoms with van der Waals surface area (Å²) in [5.41, 5.74) is 0.695. The smallest absolute Gasteiger partial charge is 0.156 e. The van der Waals surface area contributed by atoms with Gasteiger partial charge < -0.3 is 5.32 Å². The number of benzene rings is 1. The van der Waals surface area contributed by atoms with E-state index in [2.05, 4.69) is 5.32 Å². The summed E-state index contributed by atoms with van der Waals surface area (Å²) in [5.74, 6) is 0.726. The van der Waals surface area contributed by atoms with E-state index in [9.17, 15) is 8.42 Å². The van der Waals surface area contributed by atoms with Gasteiger partial charge in [0.15, 0.2) is 9.84 Å². The van der Waals surface area contributed by atoms with Crippen LogP contribution in [0.2, 0.25) is 5.02 Å². The lowest BCUT2D eigenvalue weighted by atomic mass is 10.00. The van der Waals surface area contributed by atoms with Crippen molar-refractivity contribution in [1.29, 1.82) is 0 Å². The lowest BCUT2D eigenvalue weighted by Gasteiger charge is -2.24. The molecule has 1 fully saturated rings. The third-order valence-corrected chi connectivity index (χ3v) is 6.19. The largest absolute Gasteiger partial charge is 0.313 e. The van der Waals surface area contributed by atoms with E-state index >= 15 is 0 Å². The molecule has 0 heterocycles. The molecule has 0 saturated heterocycles. The first-order chi connectivity index (χ1) is 10.0. The first-order valence-electron chi connectivity index (χ1n) is 7.69. The minimum atomic E-state index is -3.16. The molecule has 1 aliphatic rings. The highest BCUT2D eigenvalue weighted by Gasteiger charge is 2.29. The van der Waals surface area contributed by atoms with Crippen LogP contribution < -0.4 is 5.32 Å². The molecule has 5 heteroatoms. The van der Waals surface area contributed by atoms with Gasteiger partial charge in [-0.1, -0.05) is 49.6 Å². The summed E-state index contributed by atoms with van der Waals surface area (Å²) in [5, 5.41) is 3.90. The average Bonchev–Trinajstić information content (AvgIpc) is 2.94. The second-order valence-corrected chi connectivity index (χ2v) is 8.37. The predicted octanol–water partition coefficient (Wildman–Crippen LogP) is 3.42. The van der Waals surface area contributed by atoms with Gasteiger partial charge in [-0.05, 0) is 36.9 Å². The minimum absolute atomic E-state index is 0.0291. The maximum absolute atomic E-state index is 12.5. The molecule has 118 valence electrons.